The van der Waals surface area contributed by atoms with E-state index in [0.29, 0.717) is 18.4 Å². The number of carbonyl (C=O) groups excluding carboxylic acids is 2. The van der Waals surface area contributed by atoms with Gasteiger partial charge in [0, 0.05) is 11.3 Å². The zero-order valence-corrected chi connectivity index (χ0v) is 16.8. The van der Waals surface area contributed by atoms with Gasteiger partial charge in [0.15, 0.2) is 0 Å². The van der Waals surface area contributed by atoms with Gasteiger partial charge in [0.1, 0.15) is 11.5 Å². The molecule has 2 unspecified atom stereocenters. The van der Waals surface area contributed by atoms with Crippen molar-refractivity contribution in [2.45, 2.75) is 38.1 Å². The Labute approximate surface area is 180 Å². The molecule has 168 valence electrons. The molecule has 6 nitrogen and oxygen atoms in total. The number of anilines is 1. The quantitative estimate of drug-likeness (QED) is 0.541. The van der Waals surface area contributed by atoms with Crippen molar-refractivity contribution in [1.29, 1.82) is 0 Å². The van der Waals surface area contributed by atoms with Crippen LogP contribution in [0.2, 0.25) is 0 Å². The molecule has 1 fully saturated rings. The van der Waals surface area contributed by atoms with E-state index in [4.69, 9.17) is 9.47 Å². The summed E-state index contributed by atoms with van der Waals surface area (Å²) >= 11 is 0. The molecule has 1 amide bonds. The highest BCUT2D eigenvalue weighted by Gasteiger charge is 2.45. The number of benzene rings is 1. The zero-order chi connectivity index (χ0) is 23.0. The molecule has 1 aromatic carbocycles. The van der Waals surface area contributed by atoms with Crippen molar-refractivity contribution in [1.82, 2.24) is 4.98 Å². The highest BCUT2D eigenvalue weighted by Crippen LogP contribution is 2.44. The topological polar surface area (TPSA) is 77.5 Å². The minimum absolute atomic E-state index is 0.0148. The van der Waals surface area contributed by atoms with Gasteiger partial charge in [-0.15, -0.1) is 0 Å². The Balaban J connectivity index is 1.64. The van der Waals surface area contributed by atoms with Crippen LogP contribution in [0.5, 0.6) is 0 Å². The number of fused-ring (bicyclic) bond motifs is 2. The lowest BCUT2D eigenvalue weighted by molar-refractivity contribution is -0.141. The van der Waals surface area contributed by atoms with Gasteiger partial charge < -0.3 is 14.8 Å². The normalized spacial score (nSPS) is 19.9. The van der Waals surface area contributed by atoms with Crippen LogP contribution in [-0.2, 0) is 20.4 Å². The van der Waals surface area contributed by atoms with Gasteiger partial charge in [-0.2, -0.15) is 13.2 Å². The van der Waals surface area contributed by atoms with Crippen LogP contribution in [0.4, 0.5) is 23.2 Å². The molecule has 2 atom stereocenters. The number of rotatable bonds is 5. The zero-order valence-electron chi connectivity index (χ0n) is 16.8. The fourth-order valence-electron chi connectivity index (χ4n) is 3.89. The first-order valence-corrected chi connectivity index (χ1v) is 9.91. The molecule has 2 aromatic rings. The maximum absolute atomic E-state index is 14.3. The highest BCUT2D eigenvalue weighted by molar-refractivity contribution is 6.11. The van der Waals surface area contributed by atoms with Crippen molar-refractivity contribution in [2.24, 2.45) is 0 Å². The molecule has 1 saturated heterocycles. The molecule has 0 saturated carbocycles. The summed E-state index contributed by atoms with van der Waals surface area (Å²) in [6.45, 7) is 1.67. The summed E-state index contributed by atoms with van der Waals surface area (Å²) in [5.41, 5.74) is -0.785. The number of nitrogens with zero attached hydrogens (tertiary/aromatic N) is 1. The van der Waals surface area contributed by atoms with Crippen LogP contribution in [0.1, 0.15) is 41.5 Å². The summed E-state index contributed by atoms with van der Waals surface area (Å²) < 4.78 is 64.1. The molecular formula is C22H18F4N2O4. The van der Waals surface area contributed by atoms with E-state index in [1.54, 1.807) is 6.92 Å². The second-order valence-electron chi connectivity index (χ2n) is 7.29. The molecule has 2 aliphatic heterocycles. The summed E-state index contributed by atoms with van der Waals surface area (Å²) in [6, 6.07) is 6.97. The van der Waals surface area contributed by atoms with Gasteiger partial charge in [-0.1, -0.05) is 6.07 Å². The van der Waals surface area contributed by atoms with Crippen LogP contribution in [-0.4, -0.2) is 35.7 Å². The molecule has 32 heavy (non-hydrogen) atoms. The Morgan fingerprint density at radius 2 is 1.94 bits per heavy atom. The predicted molar refractivity (Wildman–Crippen MR) is 105 cm³/mol. The Kier molecular flexibility index (Phi) is 5.72. The van der Waals surface area contributed by atoms with Crippen LogP contribution >= 0.6 is 0 Å². The highest BCUT2D eigenvalue weighted by atomic mass is 19.4. The van der Waals surface area contributed by atoms with Crippen LogP contribution in [0.15, 0.2) is 42.0 Å². The monoisotopic (exact) mass is 450 g/mol. The third kappa shape index (κ3) is 4.10. The van der Waals surface area contributed by atoms with Crippen molar-refractivity contribution in [3.63, 3.8) is 0 Å². The summed E-state index contributed by atoms with van der Waals surface area (Å²) in [6.07, 6.45) is -4.67. The number of carbonyl (C=O) groups is 2. The summed E-state index contributed by atoms with van der Waals surface area (Å²) in [5.74, 6) is -2.33. The van der Waals surface area contributed by atoms with E-state index in [-0.39, 0.29) is 29.1 Å². The molecule has 4 rings (SSSR count). The Hall–Kier alpha value is -3.27. The van der Waals surface area contributed by atoms with E-state index in [1.165, 1.54) is 24.3 Å². The lowest BCUT2D eigenvalue weighted by Crippen LogP contribution is -2.23. The van der Waals surface area contributed by atoms with Crippen LogP contribution < -0.4 is 5.32 Å². The number of amides is 1. The van der Waals surface area contributed by atoms with Crippen molar-refractivity contribution < 1.29 is 36.6 Å². The molecule has 0 radical (unpaired) electrons. The average Bonchev–Trinajstić information content (AvgIpc) is 3.35. The predicted octanol–water partition coefficient (Wildman–Crippen LogP) is 4.37. The summed E-state index contributed by atoms with van der Waals surface area (Å²) in [4.78, 5) is 28.4. The van der Waals surface area contributed by atoms with E-state index < -0.39 is 41.8 Å². The number of hydrogen-bond donors (Lipinski definition) is 1. The van der Waals surface area contributed by atoms with Crippen LogP contribution in [0.25, 0.3) is 5.57 Å². The lowest BCUT2D eigenvalue weighted by atomic mass is 9.89. The minimum Gasteiger partial charge on any atom is -0.462 e. The van der Waals surface area contributed by atoms with Crippen molar-refractivity contribution in [3.8, 4) is 0 Å². The van der Waals surface area contributed by atoms with Gasteiger partial charge in [0.2, 0.25) is 0 Å². The molecule has 10 heteroatoms. The van der Waals surface area contributed by atoms with Gasteiger partial charge >= 0.3 is 12.1 Å². The Bertz CT molecular complexity index is 1110. The van der Waals surface area contributed by atoms with Crippen molar-refractivity contribution in [3.05, 3.63) is 64.7 Å². The van der Waals surface area contributed by atoms with E-state index in [9.17, 15) is 27.2 Å². The lowest BCUT2D eigenvalue weighted by Gasteiger charge is -2.17. The number of ether oxygens (including phenoxy) is 2. The van der Waals surface area contributed by atoms with Crippen molar-refractivity contribution in [2.75, 3.05) is 11.9 Å². The van der Waals surface area contributed by atoms with Gasteiger partial charge in [-0.3, -0.25) is 4.79 Å². The molecule has 2 aliphatic rings. The standard InChI is InChI=1S/C22H18F4N2O4/c1-2-31-21(30)12-7-6-11(10-13(12)23)27-20(29)19-16-9-8-15(32-16)18(19)14-4-3-5-17(28-14)22(24,25)26/h3-7,10,15-16H,2,8-9H2,1H3,(H,27,29). The number of pyridine rings is 1. The van der Waals surface area contributed by atoms with Gasteiger partial charge in [-0.05, 0) is 50.1 Å². The summed E-state index contributed by atoms with van der Waals surface area (Å²) in [7, 11) is 0. The molecule has 1 aromatic heterocycles. The fraction of sp³-hybridized carbons (Fsp3) is 0.318. The Morgan fingerprint density at radius 3 is 2.62 bits per heavy atom. The third-order valence-corrected chi connectivity index (χ3v) is 5.24. The van der Waals surface area contributed by atoms with Gasteiger partial charge in [0.05, 0.1) is 35.6 Å². The number of halogens is 4. The van der Waals surface area contributed by atoms with E-state index in [1.807, 2.05) is 0 Å². The Morgan fingerprint density at radius 1 is 1.19 bits per heavy atom. The first kappa shape index (κ1) is 21.9. The average molecular weight is 450 g/mol. The summed E-state index contributed by atoms with van der Waals surface area (Å²) in [5, 5.41) is 2.53. The fourth-order valence-corrected chi connectivity index (χ4v) is 3.89. The third-order valence-electron chi connectivity index (χ3n) is 5.24. The number of alkyl halides is 3. The van der Waals surface area contributed by atoms with Crippen molar-refractivity contribution >= 4 is 23.1 Å². The number of hydrogen-bond acceptors (Lipinski definition) is 5. The SMILES string of the molecule is CCOC(=O)c1ccc(NC(=O)C2=C(c3cccc(C(F)(F)F)n3)C3CCC2O3)cc1F. The first-order chi connectivity index (χ1) is 15.2. The minimum atomic E-state index is -4.63. The van der Waals surface area contributed by atoms with Crippen LogP contribution in [0.3, 0.4) is 0 Å². The van der Waals surface area contributed by atoms with Crippen LogP contribution in [0, 0.1) is 5.82 Å². The molecule has 0 aliphatic carbocycles. The molecule has 3 heterocycles. The van der Waals surface area contributed by atoms with Gasteiger partial charge in [-0.25, -0.2) is 14.2 Å². The van der Waals surface area contributed by atoms with E-state index in [2.05, 4.69) is 10.3 Å². The number of nitrogens with one attached hydrogen (secondary N) is 1. The second kappa shape index (κ2) is 8.34. The van der Waals surface area contributed by atoms with E-state index in [0.717, 1.165) is 12.1 Å². The number of esters is 1. The van der Waals surface area contributed by atoms with Gasteiger partial charge in [0.25, 0.3) is 5.91 Å². The molecule has 2 bridgehead atoms. The molecule has 0 spiro atoms. The maximum Gasteiger partial charge on any atom is 0.433 e. The largest absolute Gasteiger partial charge is 0.462 e. The number of aromatic nitrogens is 1. The molecular weight excluding hydrogens is 432 g/mol. The molecule has 1 N–H and O–H groups in total. The smallest absolute Gasteiger partial charge is 0.433 e. The first-order valence-electron chi connectivity index (χ1n) is 9.91. The second-order valence-corrected chi connectivity index (χ2v) is 7.29. The maximum atomic E-state index is 14.3. The van der Waals surface area contributed by atoms with E-state index >= 15 is 0 Å².